The molecule has 0 saturated carbocycles. The molecule has 2 heterocycles. The highest BCUT2D eigenvalue weighted by Crippen LogP contribution is 2.29. The third kappa shape index (κ3) is 3.07. The van der Waals surface area contributed by atoms with Crippen LogP contribution in [0.1, 0.15) is 11.3 Å². The number of benzene rings is 1. The van der Waals surface area contributed by atoms with Gasteiger partial charge in [-0.05, 0) is 63.1 Å². The van der Waals surface area contributed by atoms with Gasteiger partial charge in [-0.1, -0.05) is 17.7 Å². The highest BCUT2D eigenvalue weighted by Gasteiger charge is 2.37. The Morgan fingerprint density at radius 2 is 1.79 bits per heavy atom. The van der Waals surface area contributed by atoms with Crippen LogP contribution in [0.2, 0.25) is 0 Å². The number of rotatable bonds is 2. The highest BCUT2D eigenvalue weighted by molar-refractivity contribution is 9.13. The summed E-state index contributed by atoms with van der Waals surface area (Å²) >= 11 is 6.44. The molecule has 1 saturated heterocycles. The van der Waals surface area contributed by atoms with Crippen LogP contribution >= 0.6 is 31.9 Å². The molecule has 0 unspecified atom stereocenters. The Labute approximate surface area is 153 Å². The Balaban J connectivity index is 2.01. The van der Waals surface area contributed by atoms with E-state index in [2.05, 4.69) is 37.2 Å². The zero-order valence-corrected chi connectivity index (χ0v) is 15.5. The molecule has 122 valence electrons. The van der Waals surface area contributed by atoms with Crippen LogP contribution in [0.5, 0.6) is 0 Å². The third-order valence-electron chi connectivity index (χ3n) is 3.34. The van der Waals surface area contributed by atoms with Crippen molar-refractivity contribution in [3.8, 4) is 0 Å². The molecule has 1 aliphatic rings. The monoisotopic (exact) mass is 452 g/mol. The largest absolute Gasteiger partial charge is 0.449 e. The topological polar surface area (TPSA) is 79.6 Å². The molecule has 0 bridgehead atoms. The lowest BCUT2D eigenvalue weighted by atomic mass is 10.1. The molecule has 1 aromatic carbocycles. The van der Waals surface area contributed by atoms with Crippen molar-refractivity contribution < 1.29 is 18.8 Å². The molecule has 1 fully saturated rings. The van der Waals surface area contributed by atoms with Crippen LogP contribution in [-0.2, 0) is 9.59 Å². The van der Waals surface area contributed by atoms with Crippen molar-refractivity contribution in [2.24, 2.45) is 0 Å². The standard InChI is InChI=1S/C16H10Br2N2O4/c1-8-2-4-9(5-3-8)20-15(22)11(14(21)19-16(20)23)6-10-7-12(17)13(18)24-10/h2-7H,1H3,(H,19,21,23)/b11-6-. The summed E-state index contributed by atoms with van der Waals surface area (Å²) < 4.78 is 6.43. The fraction of sp³-hybridized carbons (Fsp3) is 0.0625. The zero-order valence-electron chi connectivity index (χ0n) is 12.3. The zero-order chi connectivity index (χ0) is 17.4. The lowest BCUT2D eigenvalue weighted by Crippen LogP contribution is -2.54. The van der Waals surface area contributed by atoms with Gasteiger partial charge in [-0.15, -0.1) is 0 Å². The maximum Gasteiger partial charge on any atom is 0.335 e. The minimum Gasteiger partial charge on any atom is -0.449 e. The Kier molecular flexibility index (Phi) is 4.42. The number of urea groups is 1. The van der Waals surface area contributed by atoms with Crippen molar-refractivity contribution in [3.63, 3.8) is 0 Å². The minimum atomic E-state index is -0.784. The SMILES string of the molecule is Cc1ccc(N2C(=O)NC(=O)/C(=C/c3cc(Br)c(Br)o3)C2=O)cc1. The smallest absolute Gasteiger partial charge is 0.335 e. The van der Waals surface area contributed by atoms with Gasteiger partial charge in [0.15, 0.2) is 4.67 Å². The van der Waals surface area contributed by atoms with Gasteiger partial charge in [-0.3, -0.25) is 14.9 Å². The number of amides is 4. The highest BCUT2D eigenvalue weighted by atomic mass is 79.9. The van der Waals surface area contributed by atoms with E-state index in [1.54, 1.807) is 30.3 Å². The number of imide groups is 2. The predicted octanol–water partition coefficient (Wildman–Crippen LogP) is 3.78. The molecular weight excluding hydrogens is 444 g/mol. The van der Waals surface area contributed by atoms with E-state index in [0.29, 0.717) is 20.6 Å². The van der Waals surface area contributed by atoms with E-state index < -0.39 is 17.8 Å². The number of hydrogen-bond donors (Lipinski definition) is 1. The van der Waals surface area contributed by atoms with Gasteiger partial charge in [0, 0.05) is 0 Å². The van der Waals surface area contributed by atoms with Crippen LogP contribution in [0.3, 0.4) is 0 Å². The molecule has 2 aromatic rings. The first-order chi connectivity index (χ1) is 11.4. The predicted molar refractivity (Wildman–Crippen MR) is 94.3 cm³/mol. The summed E-state index contributed by atoms with van der Waals surface area (Å²) in [6.07, 6.45) is 1.29. The van der Waals surface area contributed by atoms with E-state index in [4.69, 9.17) is 4.42 Å². The molecule has 24 heavy (non-hydrogen) atoms. The second-order valence-electron chi connectivity index (χ2n) is 5.06. The fourth-order valence-corrected chi connectivity index (χ4v) is 2.77. The van der Waals surface area contributed by atoms with Crippen molar-refractivity contribution in [2.75, 3.05) is 4.90 Å². The van der Waals surface area contributed by atoms with Gasteiger partial charge in [0.25, 0.3) is 11.8 Å². The molecule has 0 radical (unpaired) electrons. The number of aryl methyl sites for hydroxylation is 1. The molecule has 1 aliphatic heterocycles. The Hall–Kier alpha value is -2.19. The Morgan fingerprint density at radius 3 is 2.38 bits per heavy atom. The van der Waals surface area contributed by atoms with E-state index in [1.165, 1.54) is 6.08 Å². The summed E-state index contributed by atoms with van der Waals surface area (Å²) in [7, 11) is 0. The van der Waals surface area contributed by atoms with Gasteiger partial charge < -0.3 is 4.42 Å². The summed E-state index contributed by atoms with van der Waals surface area (Å²) in [6.45, 7) is 1.89. The molecular formula is C16H10Br2N2O4. The van der Waals surface area contributed by atoms with Gasteiger partial charge >= 0.3 is 6.03 Å². The van der Waals surface area contributed by atoms with Crippen molar-refractivity contribution >= 4 is 61.5 Å². The number of nitrogens with one attached hydrogen (secondary N) is 1. The van der Waals surface area contributed by atoms with Crippen LogP contribution in [-0.4, -0.2) is 17.8 Å². The molecule has 0 spiro atoms. The van der Waals surface area contributed by atoms with Crippen LogP contribution in [0, 0.1) is 6.92 Å². The van der Waals surface area contributed by atoms with Crippen molar-refractivity contribution in [1.29, 1.82) is 0 Å². The number of anilines is 1. The molecule has 0 aliphatic carbocycles. The number of carbonyl (C=O) groups excluding carboxylic acids is 3. The van der Waals surface area contributed by atoms with Crippen molar-refractivity contribution in [2.45, 2.75) is 6.92 Å². The van der Waals surface area contributed by atoms with Crippen LogP contribution < -0.4 is 10.2 Å². The number of hydrogen-bond acceptors (Lipinski definition) is 4. The van der Waals surface area contributed by atoms with Crippen molar-refractivity contribution in [1.82, 2.24) is 5.32 Å². The first-order valence-electron chi connectivity index (χ1n) is 6.80. The van der Waals surface area contributed by atoms with Crippen LogP contribution in [0.4, 0.5) is 10.5 Å². The number of furan rings is 1. The second-order valence-corrected chi connectivity index (χ2v) is 6.64. The first-order valence-corrected chi connectivity index (χ1v) is 8.38. The Morgan fingerprint density at radius 1 is 1.12 bits per heavy atom. The molecule has 1 aromatic heterocycles. The van der Waals surface area contributed by atoms with Gasteiger partial charge in [-0.25, -0.2) is 9.69 Å². The number of barbiturate groups is 1. The van der Waals surface area contributed by atoms with E-state index in [0.717, 1.165) is 10.5 Å². The lowest BCUT2D eigenvalue weighted by molar-refractivity contribution is -0.122. The summed E-state index contributed by atoms with van der Waals surface area (Å²) in [6, 6.07) is 7.64. The molecule has 1 N–H and O–H groups in total. The van der Waals surface area contributed by atoms with Gasteiger partial charge in [0.1, 0.15) is 11.3 Å². The summed E-state index contributed by atoms with van der Waals surface area (Å²) in [5.74, 6) is -1.18. The van der Waals surface area contributed by atoms with Crippen LogP contribution in [0.25, 0.3) is 6.08 Å². The quantitative estimate of drug-likeness (QED) is 0.554. The molecule has 3 rings (SSSR count). The maximum absolute atomic E-state index is 12.6. The average Bonchev–Trinajstić information content (AvgIpc) is 2.83. The number of nitrogens with zero attached hydrogens (tertiary/aromatic N) is 1. The first kappa shape index (κ1) is 16.7. The molecule has 4 amide bonds. The van der Waals surface area contributed by atoms with Gasteiger partial charge in [-0.2, -0.15) is 0 Å². The summed E-state index contributed by atoms with van der Waals surface area (Å²) in [5.41, 5.74) is 1.17. The third-order valence-corrected chi connectivity index (χ3v) is 5.05. The van der Waals surface area contributed by atoms with Gasteiger partial charge in [0.2, 0.25) is 0 Å². The van der Waals surface area contributed by atoms with Gasteiger partial charge in [0.05, 0.1) is 10.2 Å². The van der Waals surface area contributed by atoms with Crippen LogP contribution in [0.15, 0.2) is 49.5 Å². The van der Waals surface area contributed by atoms with E-state index in [1.807, 2.05) is 6.92 Å². The summed E-state index contributed by atoms with van der Waals surface area (Å²) in [5, 5.41) is 2.16. The lowest BCUT2D eigenvalue weighted by Gasteiger charge is -2.26. The number of carbonyl (C=O) groups is 3. The maximum atomic E-state index is 12.6. The second kappa shape index (κ2) is 6.37. The molecule has 6 nitrogen and oxygen atoms in total. The van der Waals surface area contributed by atoms with E-state index in [9.17, 15) is 14.4 Å². The molecule has 8 heteroatoms. The van der Waals surface area contributed by atoms with E-state index >= 15 is 0 Å². The fourth-order valence-electron chi connectivity index (χ4n) is 2.16. The summed E-state index contributed by atoms with van der Waals surface area (Å²) in [4.78, 5) is 37.6. The van der Waals surface area contributed by atoms with Crippen molar-refractivity contribution in [3.05, 3.63) is 56.4 Å². The molecule has 0 atom stereocenters. The Bertz CT molecular complexity index is 864. The number of halogens is 2. The van der Waals surface area contributed by atoms with E-state index in [-0.39, 0.29) is 5.57 Å². The minimum absolute atomic E-state index is 0.191. The average molecular weight is 454 g/mol. The normalized spacial score (nSPS) is 16.7.